The minimum absolute atomic E-state index is 0.00951. The summed E-state index contributed by atoms with van der Waals surface area (Å²) in [4.78, 5) is 31.1. The number of halogens is 2. The normalized spacial score (nSPS) is 16.0. The van der Waals surface area contributed by atoms with Crippen molar-refractivity contribution in [1.82, 2.24) is 9.13 Å². The first kappa shape index (κ1) is 27.6. The van der Waals surface area contributed by atoms with Crippen molar-refractivity contribution in [1.29, 1.82) is 0 Å². The molecule has 7 nitrogen and oxygen atoms in total. The van der Waals surface area contributed by atoms with Crippen LogP contribution in [0.25, 0.3) is 17.5 Å². The second-order valence-corrected chi connectivity index (χ2v) is 12.5. The Balaban J connectivity index is 1.44. The van der Waals surface area contributed by atoms with Crippen LogP contribution >= 0.6 is 34.5 Å². The number of rotatable bonds is 4. The highest BCUT2D eigenvalue weighted by atomic mass is 35.5. The maximum absolute atomic E-state index is 14.2. The highest BCUT2D eigenvalue weighted by Gasteiger charge is 2.33. The lowest BCUT2D eigenvalue weighted by Gasteiger charge is -2.30. The molecule has 0 N–H and O–H groups in total. The largest absolute Gasteiger partial charge is 0.318 e. The summed E-state index contributed by atoms with van der Waals surface area (Å²) in [5, 5.41) is 12.6. The predicted molar refractivity (Wildman–Crippen MR) is 171 cm³/mol. The molecule has 1 aliphatic heterocycles. The number of nitro benzene ring substituents is 1. The number of fused-ring (bicyclic) bond motifs is 3. The SMILES string of the molecule is Cc1cc(/C=c2/sc3n(c2=O)[C@@H](c2cccc([N+](=O)[O-])c2)C2=C(N=3)c3ccccc3CC2)c(C)n1-c1ccc(Cl)c(Cl)c1. The van der Waals surface area contributed by atoms with E-state index in [1.165, 1.54) is 23.0 Å². The zero-order chi connectivity index (χ0) is 30.0. The molecule has 43 heavy (non-hydrogen) atoms. The summed E-state index contributed by atoms with van der Waals surface area (Å²) >= 11 is 13.8. The van der Waals surface area contributed by atoms with Crippen LogP contribution in [-0.4, -0.2) is 14.1 Å². The summed E-state index contributed by atoms with van der Waals surface area (Å²) < 4.78 is 4.32. The van der Waals surface area contributed by atoms with Crippen LogP contribution in [0.1, 0.15) is 46.1 Å². The fraction of sp³-hybridized carbons (Fsp3) is 0.152. The van der Waals surface area contributed by atoms with Crippen molar-refractivity contribution in [3.63, 3.8) is 0 Å². The molecule has 0 unspecified atom stereocenters. The van der Waals surface area contributed by atoms with E-state index in [2.05, 4.69) is 16.7 Å². The van der Waals surface area contributed by atoms with Crippen molar-refractivity contribution in [2.24, 2.45) is 4.99 Å². The molecule has 1 aliphatic carbocycles. The molecule has 0 bridgehead atoms. The lowest BCUT2D eigenvalue weighted by molar-refractivity contribution is -0.384. The monoisotopic (exact) mass is 626 g/mol. The summed E-state index contributed by atoms with van der Waals surface area (Å²) in [6.07, 6.45) is 3.42. The number of non-ortho nitro benzene ring substituents is 1. The molecule has 0 saturated carbocycles. The maximum Gasteiger partial charge on any atom is 0.271 e. The van der Waals surface area contributed by atoms with E-state index >= 15 is 0 Å². The average molecular weight is 628 g/mol. The van der Waals surface area contributed by atoms with Crippen LogP contribution in [0.5, 0.6) is 0 Å². The number of nitro groups is 1. The molecule has 2 aliphatic rings. The van der Waals surface area contributed by atoms with Crippen molar-refractivity contribution >= 4 is 52.0 Å². The third-order valence-corrected chi connectivity index (χ3v) is 9.91. The molecule has 0 saturated heterocycles. The Morgan fingerprint density at radius 1 is 1.00 bits per heavy atom. The number of allylic oxidation sites excluding steroid dienone is 1. The molecule has 7 rings (SSSR count). The summed E-state index contributed by atoms with van der Waals surface area (Å²) in [5.41, 5.74) is 8.31. The van der Waals surface area contributed by atoms with Gasteiger partial charge in [0.2, 0.25) is 0 Å². The van der Waals surface area contributed by atoms with Crippen molar-refractivity contribution < 1.29 is 4.92 Å². The van der Waals surface area contributed by atoms with Crippen LogP contribution in [0.4, 0.5) is 5.69 Å². The Bertz CT molecular complexity index is 2210. The van der Waals surface area contributed by atoms with Gasteiger partial charge < -0.3 is 4.57 Å². The number of aryl methyl sites for hydroxylation is 2. The number of hydrogen-bond donors (Lipinski definition) is 0. The van der Waals surface area contributed by atoms with Gasteiger partial charge in [0.25, 0.3) is 11.2 Å². The first-order valence-corrected chi connectivity index (χ1v) is 15.3. The Kier molecular flexibility index (Phi) is 6.73. The molecular weight excluding hydrogens is 603 g/mol. The van der Waals surface area contributed by atoms with E-state index in [4.69, 9.17) is 28.2 Å². The van der Waals surface area contributed by atoms with Gasteiger partial charge in [0.1, 0.15) is 0 Å². The van der Waals surface area contributed by atoms with Gasteiger partial charge in [-0.2, -0.15) is 0 Å². The van der Waals surface area contributed by atoms with Crippen molar-refractivity contribution in [2.75, 3.05) is 0 Å². The molecule has 2 aromatic heterocycles. The first-order chi connectivity index (χ1) is 20.7. The van der Waals surface area contributed by atoms with E-state index in [1.807, 2.05) is 56.3 Å². The van der Waals surface area contributed by atoms with Gasteiger partial charge in [-0.05, 0) is 79.3 Å². The van der Waals surface area contributed by atoms with Gasteiger partial charge >= 0.3 is 0 Å². The fourth-order valence-electron chi connectivity index (χ4n) is 6.23. The maximum atomic E-state index is 14.2. The molecule has 0 amide bonds. The smallest absolute Gasteiger partial charge is 0.271 e. The van der Waals surface area contributed by atoms with E-state index in [0.717, 1.165) is 45.9 Å². The van der Waals surface area contributed by atoms with Gasteiger partial charge in [-0.25, -0.2) is 4.99 Å². The predicted octanol–water partition coefficient (Wildman–Crippen LogP) is 6.94. The number of hydrogen-bond acceptors (Lipinski definition) is 5. The van der Waals surface area contributed by atoms with E-state index < -0.39 is 11.0 Å². The first-order valence-electron chi connectivity index (χ1n) is 13.7. The standard InChI is InChI=1S/C33H24Cl2N4O3S/c1-18-14-22(19(2)37(18)23-11-13-27(34)28(35)17-23)16-29-32(40)38-31(21-7-5-8-24(15-21)39(41)42)26-12-10-20-6-3-4-9-25(20)30(26)36-33(38)43-29/h3-9,11,13-17,31H,10,12H2,1-2H3/b29-16+/t31-/m0/s1. The molecule has 214 valence electrons. The van der Waals surface area contributed by atoms with Gasteiger partial charge in [0, 0.05) is 34.8 Å². The summed E-state index contributed by atoms with van der Waals surface area (Å²) in [7, 11) is 0. The van der Waals surface area contributed by atoms with Crippen molar-refractivity contribution in [3.8, 4) is 5.69 Å². The number of nitrogens with zero attached hydrogens (tertiary/aromatic N) is 4. The van der Waals surface area contributed by atoms with Gasteiger partial charge in [0.15, 0.2) is 4.80 Å². The van der Waals surface area contributed by atoms with Gasteiger partial charge in [-0.3, -0.25) is 19.5 Å². The van der Waals surface area contributed by atoms with Gasteiger partial charge in [-0.1, -0.05) is 70.9 Å². The third-order valence-electron chi connectivity index (χ3n) is 8.19. The van der Waals surface area contributed by atoms with Crippen molar-refractivity contribution in [2.45, 2.75) is 32.7 Å². The third kappa shape index (κ3) is 4.57. The topological polar surface area (TPSA) is 82.4 Å². The molecule has 3 aromatic carbocycles. The highest BCUT2D eigenvalue weighted by Crippen LogP contribution is 2.41. The van der Waals surface area contributed by atoms with E-state index in [0.29, 0.717) is 31.4 Å². The number of aromatic nitrogens is 2. The van der Waals surface area contributed by atoms with E-state index in [1.54, 1.807) is 22.8 Å². The lowest BCUT2D eigenvalue weighted by atomic mass is 9.83. The molecule has 3 heterocycles. The molecule has 0 radical (unpaired) electrons. The van der Waals surface area contributed by atoms with Crippen LogP contribution in [0.3, 0.4) is 0 Å². The Morgan fingerprint density at radius 3 is 2.60 bits per heavy atom. The highest BCUT2D eigenvalue weighted by molar-refractivity contribution is 7.07. The van der Waals surface area contributed by atoms with Crippen LogP contribution in [0, 0.1) is 24.0 Å². The zero-order valence-corrected chi connectivity index (χ0v) is 25.5. The number of thiazole rings is 1. The fourth-order valence-corrected chi connectivity index (χ4v) is 7.51. The minimum atomic E-state index is -0.495. The molecule has 0 fully saturated rings. The van der Waals surface area contributed by atoms with Crippen LogP contribution in [0.15, 0.2) is 88.2 Å². The second-order valence-electron chi connectivity index (χ2n) is 10.7. The summed E-state index contributed by atoms with van der Waals surface area (Å²) in [5.74, 6) is 0. The van der Waals surface area contributed by atoms with Crippen molar-refractivity contribution in [3.05, 3.63) is 152 Å². The van der Waals surface area contributed by atoms with Crippen LogP contribution < -0.4 is 14.9 Å². The quantitative estimate of drug-likeness (QED) is 0.160. The van der Waals surface area contributed by atoms with Crippen LogP contribution in [0.2, 0.25) is 10.0 Å². The lowest BCUT2D eigenvalue weighted by Crippen LogP contribution is -2.38. The molecule has 1 atom stereocenters. The summed E-state index contributed by atoms with van der Waals surface area (Å²) in [6, 6.07) is 21.8. The summed E-state index contributed by atoms with van der Waals surface area (Å²) in [6.45, 7) is 4.00. The Labute approximate surface area is 260 Å². The number of benzene rings is 3. The average Bonchev–Trinajstić information content (AvgIpc) is 3.46. The van der Waals surface area contributed by atoms with E-state index in [9.17, 15) is 14.9 Å². The second kappa shape index (κ2) is 10.5. The van der Waals surface area contributed by atoms with E-state index in [-0.39, 0.29) is 11.2 Å². The molecule has 0 spiro atoms. The van der Waals surface area contributed by atoms with Gasteiger partial charge in [-0.15, -0.1) is 0 Å². The Morgan fingerprint density at radius 2 is 1.81 bits per heavy atom. The zero-order valence-electron chi connectivity index (χ0n) is 23.2. The molecule has 10 heteroatoms. The van der Waals surface area contributed by atoms with Crippen LogP contribution in [-0.2, 0) is 6.42 Å². The Hall–Kier alpha value is -4.24. The molecule has 5 aromatic rings. The molecular formula is C33H24Cl2N4O3S. The van der Waals surface area contributed by atoms with Gasteiger partial charge in [0.05, 0.1) is 31.2 Å². The minimum Gasteiger partial charge on any atom is -0.318 e.